The molecule has 0 radical (unpaired) electrons. The van der Waals surface area contributed by atoms with Gasteiger partial charge >= 0.3 is 302 Å². The minimum absolute atomic E-state index is 0.0839. The Balaban J connectivity index is 1.62. The zero-order valence-corrected chi connectivity index (χ0v) is 35.8. The quantitative estimate of drug-likeness (QED) is 0.149. The van der Waals surface area contributed by atoms with E-state index in [0.717, 1.165) is 12.8 Å². The number of fused-ring (bicyclic) bond motifs is 2. The minimum atomic E-state index is -4.82. The summed E-state index contributed by atoms with van der Waals surface area (Å²) in [4.78, 5) is 0. The van der Waals surface area contributed by atoms with Gasteiger partial charge in [-0.05, 0) is 0 Å². The fraction of sp³-hybridized carbons (Fsp3) is 0.364. The van der Waals surface area contributed by atoms with Gasteiger partial charge in [-0.3, -0.25) is 0 Å². The summed E-state index contributed by atoms with van der Waals surface area (Å²) >= 11 is -4.82. The first-order chi connectivity index (χ1) is 22.8. The van der Waals surface area contributed by atoms with Crippen molar-refractivity contribution in [1.82, 2.24) is 0 Å². The van der Waals surface area contributed by atoms with Gasteiger partial charge in [-0.15, -0.1) is 0 Å². The van der Waals surface area contributed by atoms with Crippen molar-refractivity contribution in [2.75, 3.05) is 0 Å². The molecular formula is C44H53Cl2SiZr. The number of allylic oxidation sites excluding steroid dienone is 2. The summed E-state index contributed by atoms with van der Waals surface area (Å²) in [6.45, 7) is 23.4. The van der Waals surface area contributed by atoms with Crippen LogP contribution in [-0.2, 0) is 28.4 Å². The molecule has 0 N–H and O–H groups in total. The second kappa shape index (κ2) is 13.3. The molecule has 2 aliphatic rings. The predicted molar refractivity (Wildman–Crippen MR) is 214 cm³/mol. The Morgan fingerprint density at radius 3 is 1.31 bits per heavy atom. The SMILES string of the molecule is CCc1ccccc1-c1c(C(C)C)ccc2c1C=C(C)[CH]2[Zr]([Cl])([Cl])([CH]1C(C)=Cc2c1ccc(C(C)C)c2-c1ccccc1CC)[SiH](C)C. The van der Waals surface area contributed by atoms with E-state index in [1.807, 2.05) is 0 Å². The van der Waals surface area contributed by atoms with E-state index in [0.29, 0.717) is 11.8 Å². The Bertz CT molecular complexity index is 1830. The van der Waals surface area contributed by atoms with Crippen molar-refractivity contribution in [1.29, 1.82) is 0 Å². The molecule has 2 unspecified atom stereocenters. The molecule has 4 aromatic rings. The Labute approximate surface area is 299 Å². The number of rotatable bonds is 9. The van der Waals surface area contributed by atoms with Gasteiger partial charge in [0.05, 0.1) is 0 Å². The summed E-state index contributed by atoms with van der Waals surface area (Å²) in [6.07, 6.45) is 6.95. The Kier molecular flexibility index (Phi) is 9.93. The summed E-state index contributed by atoms with van der Waals surface area (Å²) in [6, 6.07) is 27.6. The van der Waals surface area contributed by atoms with Crippen LogP contribution >= 0.6 is 17.0 Å². The van der Waals surface area contributed by atoms with Crippen molar-refractivity contribution >= 4 is 35.1 Å². The first-order valence-electron chi connectivity index (χ1n) is 18.2. The number of halogens is 2. The van der Waals surface area contributed by atoms with Gasteiger partial charge in [0.1, 0.15) is 0 Å². The molecule has 0 saturated heterocycles. The van der Waals surface area contributed by atoms with Crippen molar-refractivity contribution < 1.29 is 15.6 Å². The van der Waals surface area contributed by atoms with Crippen LogP contribution in [-0.4, -0.2) is 5.92 Å². The van der Waals surface area contributed by atoms with Gasteiger partial charge in [-0.2, -0.15) is 0 Å². The van der Waals surface area contributed by atoms with E-state index in [9.17, 15) is 0 Å². The third-order valence-corrected chi connectivity index (χ3v) is 64.0. The topological polar surface area (TPSA) is 0 Å². The van der Waals surface area contributed by atoms with Gasteiger partial charge in [0, 0.05) is 0 Å². The standard InChI is InChI=1S/2C21H23.C2H7Si.2ClH.Zr/c2*1-5-16-8-6-7-9-19(16)21-18(14(2)3)11-10-17-12-15(4)13-20(17)21;1-3-2;;;/h2*6-14H,5H2,1-4H3;3H,1-2H3;2*1H;/q;;;;;+2/p-2. The zero-order chi connectivity index (χ0) is 34.7. The van der Waals surface area contributed by atoms with Crippen molar-refractivity contribution in [3.8, 4) is 22.3 Å². The average molecular weight is 772 g/mol. The summed E-state index contributed by atoms with van der Waals surface area (Å²) in [7, 11) is 17.3. The predicted octanol–water partition coefficient (Wildman–Crippen LogP) is 14.0. The maximum atomic E-state index is 8.66. The first kappa shape index (κ1) is 35.9. The summed E-state index contributed by atoms with van der Waals surface area (Å²) in [5.41, 5.74) is 19.2. The summed E-state index contributed by atoms with van der Waals surface area (Å²) < 4.78 is 0.168. The Hall–Kier alpha value is -1.96. The normalized spacial score (nSPS) is 18.2. The van der Waals surface area contributed by atoms with Gasteiger partial charge < -0.3 is 0 Å². The molecule has 0 saturated carbocycles. The monoisotopic (exact) mass is 769 g/mol. The fourth-order valence-corrected chi connectivity index (χ4v) is 42.2. The molecule has 0 nitrogen and oxygen atoms in total. The van der Waals surface area contributed by atoms with E-state index in [4.69, 9.17) is 17.0 Å². The molecule has 0 amide bonds. The van der Waals surface area contributed by atoms with Crippen LogP contribution in [0.15, 0.2) is 83.9 Å². The molecule has 48 heavy (non-hydrogen) atoms. The van der Waals surface area contributed by atoms with Crippen LogP contribution in [0.25, 0.3) is 34.4 Å². The van der Waals surface area contributed by atoms with Crippen LogP contribution in [0, 0.1) is 0 Å². The molecule has 2 aliphatic carbocycles. The van der Waals surface area contributed by atoms with E-state index >= 15 is 0 Å². The molecule has 0 aromatic heterocycles. The van der Waals surface area contributed by atoms with Crippen LogP contribution in [0.2, 0.25) is 13.1 Å². The van der Waals surface area contributed by atoms with E-state index in [1.54, 1.807) is 0 Å². The van der Waals surface area contributed by atoms with Crippen LogP contribution in [0.3, 0.4) is 0 Å². The molecule has 4 aromatic carbocycles. The third kappa shape index (κ3) is 5.48. The molecule has 2 atom stereocenters. The fourth-order valence-electron chi connectivity index (χ4n) is 9.24. The van der Waals surface area contributed by atoms with E-state index in [2.05, 4.69) is 153 Å². The number of hydrogen-bond acceptors (Lipinski definition) is 0. The van der Waals surface area contributed by atoms with Crippen LogP contribution in [0.5, 0.6) is 0 Å². The molecule has 6 rings (SSSR count). The second-order valence-electron chi connectivity index (χ2n) is 15.4. The van der Waals surface area contributed by atoms with E-state index in [-0.39, 0.29) is 7.25 Å². The Morgan fingerprint density at radius 2 is 0.979 bits per heavy atom. The average Bonchev–Trinajstić information content (AvgIpc) is 3.60. The second-order valence-corrected chi connectivity index (χ2v) is 57.9. The van der Waals surface area contributed by atoms with Crippen molar-refractivity contribution in [3.05, 3.63) is 128 Å². The van der Waals surface area contributed by atoms with E-state index < -0.39 is 21.5 Å². The molecule has 0 aliphatic heterocycles. The van der Waals surface area contributed by atoms with Gasteiger partial charge in [0.2, 0.25) is 0 Å². The van der Waals surface area contributed by atoms with Crippen LogP contribution in [0.4, 0.5) is 0 Å². The number of hydrogen-bond donors (Lipinski definition) is 0. The number of aryl methyl sites for hydroxylation is 2. The third-order valence-electron chi connectivity index (χ3n) is 11.7. The molecule has 4 heteroatoms. The molecule has 0 bridgehead atoms. The van der Waals surface area contributed by atoms with Gasteiger partial charge in [-0.25, -0.2) is 0 Å². The van der Waals surface area contributed by atoms with Crippen LogP contribution in [0.1, 0.15) is 119 Å². The van der Waals surface area contributed by atoms with Gasteiger partial charge in [0.25, 0.3) is 0 Å². The van der Waals surface area contributed by atoms with Gasteiger partial charge in [-0.1, -0.05) is 0 Å². The van der Waals surface area contributed by atoms with Crippen LogP contribution < -0.4 is 0 Å². The summed E-state index contributed by atoms with van der Waals surface area (Å²) in [5, 5.41) is 0. The summed E-state index contributed by atoms with van der Waals surface area (Å²) in [5.74, 6) is -0.821. The molecule has 0 spiro atoms. The van der Waals surface area contributed by atoms with Crippen molar-refractivity contribution in [2.45, 2.75) is 100 Å². The molecular weight excluding hydrogens is 719 g/mol. The molecule has 0 heterocycles. The zero-order valence-electron chi connectivity index (χ0n) is 30.6. The first-order valence-corrected chi connectivity index (χ1v) is 34.5. The Morgan fingerprint density at radius 1 is 0.604 bits per heavy atom. The maximum absolute atomic E-state index is 8.66. The van der Waals surface area contributed by atoms with E-state index in [1.165, 1.54) is 77.9 Å². The number of benzene rings is 4. The van der Waals surface area contributed by atoms with Crippen molar-refractivity contribution in [2.24, 2.45) is 0 Å². The molecule has 0 fully saturated rings. The molecule has 251 valence electrons. The van der Waals surface area contributed by atoms with Crippen molar-refractivity contribution in [3.63, 3.8) is 0 Å². The van der Waals surface area contributed by atoms with Gasteiger partial charge in [0.15, 0.2) is 0 Å².